The molecule has 124 valence electrons. The number of carbonyl (C=O) groups excluding carboxylic acids is 1. The summed E-state index contributed by atoms with van der Waals surface area (Å²) >= 11 is 2.98. The van der Waals surface area contributed by atoms with Gasteiger partial charge in [0, 0.05) is 0 Å². The Kier molecular flexibility index (Phi) is 6.41. The molecule has 2 rings (SSSR count). The molecule has 0 bridgehead atoms. The van der Waals surface area contributed by atoms with E-state index in [1.165, 1.54) is 11.3 Å². The van der Waals surface area contributed by atoms with E-state index in [1.54, 1.807) is 11.8 Å². The van der Waals surface area contributed by atoms with Crippen molar-refractivity contribution in [2.45, 2.75) is 44.6 Å². The zero-order valence-corrected chi connectivity index (χ0v) is 15.4. The highest BCUT2D eigenvalue weighted by atomic mass is 32.2. The Balaban J connectivity index is 2.04. The van der Waals surface area contributed by atoms with Crippen molar-refractivity contribution in [2.75, 3.05) is 11.1 Å². The van der Waals surface area contributed by atoms with Crippen molar-refractivity contribution in [3.05, 3.63) is 29.3 Å². The SMILES string of the molecule is CCSc1nnc(NC(=O)[C@@H](CC)Oc2cc(C)ccc2C)s1. The minimum atomic E-state index is -0.554. The van der Waals surface area contributed by atoms with Crippen LogP contribution in [0.2, 0.25) is 0 Å². The van der Waals surface area contributed by atoms with Crippen molar-refractivity contribution in [3.8, 4) is 5.75 Å². The van der Waals surface area contributed by atoms with Gasteiger partial charge in [-0.15, -0.1) is 10.2 Å². The third-order valence-corrected chi connectivity index (χ3v) is 5.03. The first-order valence-corrected chi connectivity index (χ1v) is 9.34. The number of amides is 1. The number of anilines is 1. The van der Waals surface area contributed by atoms with E-state index >= 15 is 0 Å². The smallest absolute Gasteiger partial charge is 0.267 e. The lowest BCUT2D eigenvalue weighted by molar-refractivity contribution is -0.122. The molecule has 0 aliphatic heterocycles. The molecule has 1 aromatic heterocycles. The minimum absolute atomic E-state index is 0.197. The molecule has 0 aliphatic carbocycles. The Morgan fingerprint density at radius 1 is 1.35 bits per heavy atom. The van der Waals surface area contributed by atoms with Crippen LogP contribution in [0.3, 0.4) is 0 Å². The minimum Gasteiger partial charge on any atom is -0.480 e. The van der Waals surface area contributed by atoms with Crippen molar-refractivity contribution >= 4 is 34.1 Å². The predicted octanol–water partition coefficient (Wildman–Crippen LogP) is 4.06. The van der Waals surface area contributed by atoms with Crippen molar-refractivity contribution in [1.82, 2.24) is 10.2 Å². The number of hydrogen-bond acceptors (Lipinski definition) is 6. The van der Waals surface area contributed by atoms with Gasteiger partial charge in [-0.3, -0.25) is 10.1 Å². The van der Waals surface area contributed by atoms with Crippen LogP contribution in [-0.2, 0) is 4.79 Å². The number of rotatable bonds is 7. The van der Waals surface area contributed by atoms with Gasteiger partial charge < -0.3 is 4.74 Å². The van der Waals surface area contributed by atoms with Crippen molar-refractivity contribution in [2.24, 2.45) is 0 Å². The number of aromatic nitrogens is 2. The number of carbonyl (C=O) groups is 1. The van der Waals surface area contributed by atoms with Crippen LogP contribution in [0.1, 0.15) is 31.4 Å². The van der Waals surface area contributed by atoms with Gasteiger partial charge >= 0.3 is 0 Å². The molecular formula is C16H21N3O2S2. The molecule has 0 radical (unpaired) electrons. The van der Waals surface area contributed by atoms with Crippen molar-refractivity contribution in [1.29, 1.82) is 0 Å². The molecule has 0 saturated heterocycles. The molecule has 1 amide bonds. The van der Waals surface area contributed by atoms with Gasteiger partial charge in [0.25, 0.3) is 5.91 Å². The van der Waals surface area contributed by atoms with E-state index in [9.17, 15) is 4.79 Å². The first-order valence-electron chi connectivity index (χ1n) is 7.54. The zero-order valence-electron chi connectivity index (χ0n) is 13.8. The largest absolute Gasteiger partial charge is 0.480 e. The Morgan fingerprint density at radius 3 is 2.83 bits per heavy atom. The first-order chi connectivity index (χ1) is 11.0. The average Bonchev–Trinajstić information content (AvgIpc) is 2.95. The summed E-state index contributed by atoms with van der Waals surface area (Å²) in [4.78, 5) is 12.4. The number of ether oxygens (including phenoxy) is 1. The summed E-state index contributed by atoms with van der Waals surface area (Å²) in [5, 5.41) is 11.3. The van der Waals surface area contributed by atoms with Crippen LogP contribution < -0.4 is 10.1 Å². The van der Waals surface area contributed by atoms with Gasteiger partial charge in [-0.1, -0.05) is 49.1 Å². The van der Waals surface area contributed by atoms with Gasteiger partial charge in [-0.25, -0.2) is 0 Å². The summed E-state index contributed by atoms with van der Waals surface area (Å²) in [5.74, 6) is 1.47. The van der Waals surface area contributed by atoms with E-state index in [0.29, 0.717) is 11.6 Å². The van der Waals surface area contributed by atoms with Gasteiger partial charge in [0.2, 0.25) is 5.13 Å². The van der Waals surface area contributed by atoms with Gasteiger partial charge in [0.05, 0.1) is 0 Å². The second-order valence-electron chi connectivity index (χ2n) is 5.08. The normalized spacial score (nSPS) is 12.0. The number of nitrogens with one attached hydrogen (secondary N) is 1. The van der Waals surface area contributed by atoms with Crippen LogP contribution >= 0.6 is 23.1 Å². The molecular weight excluding hydrogens is 330 g/mol. The molecule has 1 aromatic carbocycles. The van der Waals surface area contributed by atoms with Crippen molar-refractivity contribution < 1.29 is 9.53 Å². The highest BCUT2D eigenvalue weighted by Crippen LogP contribution is 2.26. The number of nitrogens with zero attached hydrogens (tertiary/aromatic N) is 2. The molecule has 7 heteroatoms. The molecule has 1 N–H and O–H groups in total. The molecule has 0 unspecified atom stereocenters. The maximum atomic E-state index is 12.4. The molecule has 0 saturated carbocycles. The van der Waals surface area contributed by atoms with Crippen molar-refractivity contribution in [3.63, 3.8) is 0 Å². The van der Waals surface area contributed by atoms with Crippen LogP contribution in [0.4, 0.5) is 5.13 Å². The van der Waals surface area contributed by atoms with Crippen LogP contribution in [0.25, 0.3) is 0 Å². The summed E-state index contributed by atoms with van der Waals surface area (Å²) in [6, 6.07) is 5.97. The Bertz CT molecular complexity index is 673. The Labute approximate surface area is 144 Å². The van der Waals surface area contributed by atoms with E-state index in [-0.39, 0.29) is 5.91 Å². The third-order valence-electron chi connectivity index (χ3n) is 3.18. The Morgan fingerprint density at radius 2 is 2.13 bits per heavy atom. The van der Waals surface area contributed by atoms with Gasteiger partial charge in [0.15, 0.2) is 10.4 Å². The monoisotopic (exact) mass is 351 g/mol. The second kappa shape index (κ2) is 8.31. The van der Waals surface area contributed by atoms with E-state index in [4.69, 9.17) is 4.74 Å². The van der Waals surface area contributed by atoms with E-state index < -0.39 is 6.10 Å². The average molecular weight is 351 g/mol. The fourth-order valence-electron chi connectivity index (χ4n) is 1.94. The fraction of sp³-hybridized carbons (Fsp3) is 0.438. The lowest BCUT2D eigenvalue weighted by Gasteiger charge is -2.18. The highest BCUT2D eigenvalue weighted by Gasteiger charge is 2.21. The summed E-state index contributed by atoms with van der Waals surface area (Å²) < 4.78 is 6.76. The second-order valence-corrected chi connectivity index (χ2v) is 7.57. The number of thioether (sulfide) groups is 1. The maximum Gasteiger partial charge on any atom is 0.267 e. The molecule has 5 nitrogen and oxygen atoms in total. The van der Waals surface area contributed by atoms with Gasteiger partial charge in [-0.05, 0) is 43.2 Å². The van der Waals surface area contributed by atoms with Crippen LogP contribution in [-0.4, -0.2) is 28.0 Å². The summed E-state index contributed by atoms with van der Waals surface area (Å²) in [6.45, 7) is 7.95. The number of hydrogen-bond donors (Lipinski definition) is 1. The highest BCUT2D eigenvalue weighted by molar-refractivity contribution is 8.01. The number of benzene rings is 1. The summed E-state index contributed by atoms with van der Waals surface area (Å²) in [6.07, 6.45) is 0.0240. The predicted molar refractivity (Wildman–Crippen MR) is 95.6 cm³/mol. The molecule has 0 aliphatic rings. The van der Waals surface area contributed by atoms with Crippen LogP contribution in [0, 0.1) is 13.8 Å². The summed E-state index contributed by atoms with van der Waals surface area (Å²) in [7, 11) is 0. The quantitative estimate of drug-likeness (QED) is 0.602. The molecule has 1 atom stereocenters. The summed E-state index contributed by atoms with van der Waals surface area (Å²) in [5.41, 5.74) is 2.12. The fourth-order valence-corrected chi connectivity index (χ4v) is 3.59. The zero-order chi connectivity index (χ0) is 16.8. The van der Waals surface area contributed by atoms with E-state index in [2.05, 4.69) is 22.4 Å². The standard InChI is InChI=1S/C16H21N3O2S2/c1-5-12(21-13-9-10(3)7-8-11(13)4)14(20)17-15-18-19-16(23-15)22-6-2/h7-9,12H,5-6H2,1-4H3,(H,17,18,20)/t12-/m1/s1. The number of aryl methyl sites for hydroxylation is 2. The molecule has 2 aromatic rings. The lowest BCUT2D eigenvalue weighted by atomic mass is 10.1. The topological polar surface area (TPSA) is 64.1 Å². The van der Waals surface area contributed by atoms with E-state index in [1.807, 2.05) is 39.0 Å². The maximum absolute atomic E-state index is 12.4. The Hall–Kier alpha value is -1.60. The van der Waals surface area contributed by atoms with E-state index in [0.717, 1.165) is 27.0 Å². The molecule has 1 heterocycles. The lowest BCUT2D eigenvalue weighted by Crippen LogP contribution is -2.32. The molecule has 0 spiro atoms. The molecule has 23 heavy (non-hydrogen) atoms. The third kappa shape index (κ3) is 4.94. The molecule has 0 fully saturated rings. The van der Waals surface area contributed by atoms with Crippen LogP contribution in [0.15, 0.2) is 22.5 Å². The first kappa shape index (κ1) is 17.7. The van der Waals surface area contributed by atoms with Gasteiger partial charge in [-0.2, -0.15) is 0 Å². The van der Waals surface area contributed by atoms with Crippen LogP contribution in [0.5, 0.6) is 5.75 Å². The van der Waals surface area contributed by atoms with Gasteiger partial charge in [0.1, 0.15) is 5.75 Å².